The minimum absolute atomic E-state index is 0.0494. The fourth-order valence-electron chi connectivity index (χ4n) is 3.30. The highest BCUT2D eigenvalue weighted by atomic mass is 32.2. The SMILES string of the molecule is CS(=O)(=O)NC[C@@H]1CN(CC2CCOCC2)Cc2ccnn21. The Labute approximate surface area is 131 Å². The Bertz CT molecular complexity index is 595. The molecule has 8 heteroatoms. The van der Waals surface area contributed by atoms with Gasteiger partial charge < -0.3 is 4.74 Å². The molecule has 0 aliphatic carbocycles. The number of sulfonamides is 1. The molecule has 1 N–H and O–H groups in total. The fraction of sp³-hybridized carbons (Fsp3) is 0.786. The summed E-state index contributed by atoms with van der Waals surface area (Å²) in [5.41, 5.74) is 1.15. The lowest BCUT2D eigenvalue weighted by Crippen LogP contribution is -2.44. The van der Waals surface area contributed by atoms with Crippen LogP contribution in [0.3, 0.4) is 0 Å². The summed E-state index contributed by atoms with van der Waals surface area (Å²) in [6.45, 7) is 4.86. The molecular weight excluding hydrogens is 304 g/mol. The van der Waals surface area contributed by atoms with E-state index in [9.17, 15) is 8.42 Å². The molecular formula is C14H24N4O3S. The van der Waals surface area contributed by atoms with Crippen molar-refractivity contribution in [1.29, 1.82) is 0 Å². The molecule has 2 aliphatic heterocycles. The lowest BCUT2D eigenvalue weighted by Gasteiger charge is -2.36. The van der Waals surface area contributed by atoms with E-state index in [4.69, 9.17) is 4.74 Å². The first-order valence-electron chi connectivity index (χ1n) is 7.78. The topological polar surface area (TPSA) is 76.5 Å². The van der Waals surface area contributed by atoms with Gasteiger partial charge in [0.15, 0.2) is 0 Å². The Morgan fingerprint density at radius 3 is 2.91 bits per heavy atom. The third kappa shape index (κ3) is 4.07. The second kappa shape index (κ2) is 6.66. The fourth-order valence-corrected chi connectivity index (χ4v) is 3.79. The van der Waals surface area contributed by atoms with Gasteiger partial charge in [0.05, 0.1) is 18.0 Å². The van der Waals surface area contributed by atoms with Gasteiger partial charge in [-0.1, -0.05) is 0 Å². The summed E-state index contributed by atoms with van der Waals surface area (Å²) < 4.78 is 32.7. The first-order chi connectivity index (χ1) is 10.5. The largest absolute Gasteiger partial charge is 0.381 e. The normalized spacial score (nSPS) is 24.3. The molecule has 3 heterocycles. The Hall–Kier alpha value is -0.960. The third-order valence-electron chi connectivity index (χ3n) is 4.39. The monoisotopic (exact) mass is 328 g/mol. The maximum atomic E-state index is 11.4. The first kappa shape index (κ1) is 15.9. The summed E-state index contributed by atoms with van der Waals surface area (Å²) in [4.78, 5) is 2.42. The summed E-state index contributed by atoms with van der Waals surface area (Å²) in [6, 6.07) is 2.07. The summed E-state index contributed by atoms with van der Waals surface area (Å²) >= 11 is 0. The van der Waals surface area contributed by atoms with Crippen molar-refractivity contribution in [3.05, 3.63) is 18.0 Å². The first-order valence-corrected chi connectivity index (χ1v) is 9.67. The highest BCUT2D eigenvalue weighted by Gasteiger charge is 2.28. The lowest BCUT2D eigenvalue weighted by molar-refractivity contribution is 0.0449. The minimum atomic E-state index is -3.18. The van der Waals surface area contributed by atoms with Crippen LogP contribution in [0.2, 0.25) is 0 Å². The van der Waals surface area contributed by atoms with Gasteiger partial charge in [-0.15, -0.1) is 0 Å². The van der Waals surface area contributed by atoms with Gasteiger partial charge in [-0.25, -0.2) is 13.1 Å². The van der Waals surface area contributed by atoms with E-state index >= 15 is 0 Å². The molecule has 0 aromatic carbocycles. The number of fused-ring (bicyclic) bond motifs is 1. The number of hydrogen-bond acceptors (Lipinski definition) is 5. The molecule has 22 heavy (non-hydrogen) atoms. The van der Waals surface area contributed by atoms with E-state index < -0.39 is 10.0 Å². The van der Waals surface area contributed by atoms with Crippen LogP contribution in [0.1, 0.15) is 24.6 Å². The summed E-state index contributed by atoms with van der Waals surface area (Å²) in [6.07, 6.45) is 5.21. The van der Waals surface area contributed by atoms with Crippen LogP contribution in [0, 0.1) is 5.92 Å². The molecule has 0 bridgehead atoms. The molecule has 3 rings (SSSR count). The molecule has 0 spiro atoms. The van der Waals surface area contributed by atoms with Gasteiger partial charge in [0.25, 0.3) is 0 Å². The Morgan fingerprint density at radius 1 is 1.41 bits per heavy atom. The average Bonchev–Trinajstić information content (AvgIpc) is 2.93. The zero-order valence-electron chi connectivity index (χ0n) is 12.9. The number of rotatable bonds is 5. The third-order valence-corrected chi connectivity index (χ3v) is 5.08. The van der Waals surface area contributed by atoms with Crippen molar-refractivity contribution >= 4 is 10.0 Å². The molecule has 0 saturated carbocycles. The van der Waals surface area contributed by atoms with Crippen LogP contribution >= 0.6 is 0 Å². The smallest absolute Gasteiger partial charge is 0.208 e. The highest BCUT2D eigenvalue weighted by Crippen LogP contribution is 2.23. The molecule has 1 aromatic rings. The van der Waals surface area contributed by atoms with Crippen molar-refractivity contribution in [2.75, 3.05) is 39.1 Å². The van der Waals surface area contributed by atoms with Gasteiger partial charge in [0.2, 0.25) is 10.0 Å². The zero-order valence-corrected chi connectivity index (χ0v) is 13.8. The minimum Gasteiger partial charge on any atom is -0.381 e. The van der Waals surface area contributed by atoms with Crippen LogP contribution in [0.5, 0.6) is 0 Å². The number of nitrogens with zero attached hydrogens (tertiary/aromatic N) is 3. The molecule has 0 amide bonds. The van der Waals surface area contributed by atoms with Crippen molar-refractivity contribution < 1.29 is 13.2 Å². The molecule has 1 aromatic heterocycles. The number of hydrogen-bond donors (Lipinski definition) is 1. The molecule has 1 atom stereocenters. The van der Waals surface area contributed by atoms with E-state index in [1.54, 1.807) is 6.20 Å². The zero-order chi connectivity index (χ0) is 15.6. The molecule has 7 nitrogen and oxygen atoms in total. The average molecular weight is 328 g/mol. The Morgan fingerprint density at radius 2 is 2.18 bits per heavy atom. The van der Waals surface area contributed by atoms with Crippen LogP contribution in [-0.2, 0) is 21.3 Å². The molecule has 1 fully saturated rings. The van der Waals surface area contributed by atoms with Crippen LogP contribution in [-0.4, -0.2) is 62.2 Å². The van der Waals surface area contributed by atoms with Gasteiger partial charge in [-0.2, -0.15) is 5.10 Å². The van der Waals surface area contributed by atoms with Crippen molar-refractivity contribution in [2.24, 2.45) is 5.92 Å². The molecule has 1 saturated heterocycles. The maximum absolute atomic E-state index is 11.4. The number of aromatic nitrogens is 2. The van der Waals surface area contributed by atoms with Gasteiger partial charge in [-0.3, -0.25) is 9.58 Å². The molecule has 124 valence electrons. The van der Waals surface area contributed by atoms with Crippen LogP contribution < -0.4 is 4.72 Å². The summed E-state index contributed by atoms with van der Waals surface area (Å²) in [7, 11) is -3.18. The highest BCUT2D eigenvalue weighted by molar-refractivity contribution is 7.88. The second-order valence-electron chi connectivity index (χ2n) is 6.29. The summed E-state index contributed by atoms with van der Waals surface area (Å²) in [5, 5.41) is 4.36. The standard InChI is InChI=1S/C14H24N4O3S/c1-22(19,20)16-8-14-11-17(9-12-3-6-21-7-4-12)10-13-2-5-15-18(13)14/h2,5,12,14,16H,3-4,6-11H2,1H3/t14-/m1/s1. The second-order valence-corrected chi connectivity index (χ2v) is 8.12. The Kier molecular flexibility index (Phi) is 4.82. The van der Waals surface area contributed by atoms with E-state index in [1.807, 2.05) is 10.7 Å². The van der Waals surface area contributed by atoms with Crippen LogP contribution in [0.15, 0.2) is 12.3 Å². The predicted octanol–water partition coefficient (Wildman–Crippen LogP) is 0.216. The van der Waals surface area contributed by atoms with Crippen molar-refractivity contribution in [2.45, 2.75) is 25.4 Å². The van der Waals surface area contributed by atoms with Crippen molar-refractivity contribution in [3.63, 3.8) is 0 Å². The van der Waals surface area contributed by atoms with Crippen molar-refractivity contribution in [3.8, 4) is 0 Å². The quantitative estimate of drug-likeness (QED) is 0.836. The molecule has 0 unspecified atom stereocenters. The van der Waals surface area contributed by atoms with Gasteiger partial charge in [0, 0.05) is 45.6 Å². The van der Waals surface area contributed by atoms with Crippen molar-refractivity contribution in [1.82, 2.24) is 19.4 Å². The van der Waals surface area contributed by atoms with Gasteiger partial charge in [-0.05, 0) is 24.8 Å². The molecule has 2 aliphatic rings. The van der Waals surface area contributed by atoms with E-state index in [2.05, 4.69) is 14.7 Å². The van der Waals surface area contributed by atoms with E-state index in [0.29, 0.717) is 12.5 Å². The van der Waals surface area contributed by atoms with Gasteiger partial charge in [0.1, 0.15) is 0 Å². The summed E-state index contributed by atoms with van der Waals surface area (Å²) in [5.74, 6) is 0.673. The van der Waals surface area contributed by atoms with Gasteiger partial charge >= 0.3 is 0 Å². The number of nitrogens with one attached hydrogen (secondary N) is 1. The predicted molar refractivity (Wildman–Crippen MR) is 82.9 cm³/mol. The Balaban J connectivity index is 1.65. The lowest BCUT2D eigenvalue weighted by atomic mass is 9.99. The maximum Gasteiger partial charge on any atom is 0.208 e. The number of ether oxygens (including phenoxy) is 1. The van der Waals surface area contributed by atoms with E-state index in [1.165, 1.54) is 6.26 Å². The van der Waals surface area contributed by atoms with E-state index in [0.717, 1.165) is 51.4 Å². The molecule has 0 radical (unpaired) electrons. The van der Waals surface area contributed by atoms with E-state index in [-0.39, 0.29) is 6.04 Å². The van der Waals surface area contributed by atoms with Crippen LogP contribution in [0.25, 0.3) is 0 Å². The van der Waals surface area contributed by atoms with Crippen LogP contribution in [0.4, 0.5) is 0 Å².